The highest BCUT2D eigenvalue weighted by Crippen LogP contribution is 2.22. The van der Waals surface area contributed by atoms with Gasteiger partial charge >= 0.3 is 0 Å². The molecule has 0 aliphatic heterocycles. The zero-order valence-electron chi connectivity index (χ0n) is 7.49. The molecule has 0 heterocycles. The van der Waals surface area contributed by atoms with Crippen molar-refractivity contribution in [2.24, 2.45) is 0 Å². The Morgan fingerprint density at radius 3 is 2.85 bits per heavy atom. The average Bonchev–Trinajstić information content (AvgIpc) is 2.12. The van der Waals surface area contributed by atoms with Gasteiger partial charge in [0.15, 0.2) is 6.79 Å². The van der Waals surface area contributed by atoms with Gasteiger partial charge in [-0.05, 0) is 25.1 Å². The van der Waals surface area contributed by atoms with Gasteiger partial charge in [0, 0.05) is 17.2 Å². The molecule has 0 bridgehead atoms. The van der Waals surface area contributed by atoms with E-state index in [-0.39, 0.29) is 6.79 Å². The highest BCUT2D eigenvalue weighted by molar-refractivity contribution is 7.80. The van der Waals surface area contributed by atoms with Gasteiger partial charge in [-0.25, -0.2) is 0 Å². The van der Waals surface area contributed by atoms with Gasteiger partial charge in [0.1, 0.15) is 5.75 Å². The van der Waals surface area contributed by atoms with E-state index in [1.165, 1.54) is 0 Å². The molecule has 0 saturated carbocycles. The molecule has 0 unspecified atom stereocenters. The van der Waals surface area contributed by atoms with E-state index < -0.39 is 0 Å². The molecule has 13 heavy (non-hydrogen) atoms. The van der Waals surface area contributed by atoms with Gasteiger partial charge in [-0.2, -0.15) is 0 Å². The molecule has 2 N–H and O–H groups in total. The zero-order valence-corrected chi connectivity index (χ0v) is 8.38. The van der Waals surface area contributed by atoms with Crippen molar-refractivity contribution < 1.29 is 9.47 Å². The minimum atomic E-state index is 0.258. The molecule has 1 aromatic rings. The van der Waals surface area contributed by atoms with Gasteiger partial charge < -0.3 is 15.2 Å². The molecule has 0 atom stereocenters. The van der Waals surface area contributed by atoms with Crippen molar-refractivity contribution in [3.63, 3.8) is 0 Å². The van der Waals surface area contributed by atoms with Crippen molar-refractivity contribution in [3.8, 4) is 5.75 Å². The predicted octanol–water partition coefficient (Wildman–Crippen LogP) is 1.93. The predicted molar refractivity (Wildman–Crippen MR) is 55.2 cm³/mol. The summed E-state index contributed by atoms with van der Waals surface area (Å²) in [5, 5.41) is 0. The molecule has 4 heteroatoms. The molecular formula is C9H13NO2S. The van der Waals surface area contributed by atoms with E-state index in [0.29, 0.717) is 22.9 Å². The fourth-order valence-electron chi connectivity index (χ4n) is 0.806. The molecule has 0 saturated heterocycles. The minimum Gasteiger partial charge on any atom is -0.468 e. The quantitative estimate of drug-likeness (QED) is 0.337. The van der Waals surface area contributed by atoms with Crippen LogP contribution in [0.2, 0.25) is 0 Å². The molecule has 0 aliphatic rings. The van der Waals surface area contributed by atoms with E-state index in [9.17, 15) is 0 Å². The summed E-state index contributed by atoms with van der Waals surface area (Å²) >= 11 is 4.17. The smallest absolute Gasteiger partial charge is 0.189 e. The van der Waals surface area contributed by atoms with E-state index in [2.05, 4.69) is 12.6 Å². The largest absolute Gasteiger partial charge is 0.468 e. The first-order valence-electron chi connectivity index (χ1n) is 4.03. The molecule has 0 amide bonds. The summed E-state index contributed by atoms with van der Waals surface area (Å²) in [7, 11) is 0. The van der Waals surface area contributed by atoms with Crippen LogP contribution in [0.5, 0.6) is 5.75 Å². The van der Waals surface area contributed by atoms with Gasteiger partial charge in [-0.1, -0.05) is 0 Å². The van der Waals surface area contributed by atoms with Gasteiger partial charge in [0.05, 0.1) is 0 Å². The monoisotopic (exact) mass is 199 g/mol. The summed E-state index contributed by atoms with van der Waals surface area (Å²) in [6.45, 7) is 2.81. The lowest BCUT2D eigenvalue weighted by atomic mass is 10.3. The van der Waals surface area contributed by atoms with Crippen molar-refractivity contribution in [1.82, 2.24) is 0 Å². The average molecular weight is 199 g/mol. The van der Waals surface area contributed by atoms with E-state index in [0.717, 1.165) is 0 Å². The highest BCUT2D eigenvalue weighted by atomic mass is 32.1. The summed E-state index contributed by atoms with van der Waals surface area (Å²) < 4.78 is 10.3. The van der Waals surface area contributed by atoms with Crippen LogP contribution in [-0.2, 0) is 4.74 Å². The number of hydrogen-bond donors (Lipinski definition) is 2. The Kier molecular flexibility index (Phi) is 3.92. The van der Waals surface area contributed by atoms with Crippen molar-refractivity contribution >= 4 is 18.3 Å². The standard InChI is InChI=1S/C9H13NO2S/c1-2-11-6-12-7-3-4-8(10)9(13)5-7/h3-5,13H,2,6,10H2,1H3. The van der Waals surface area contributed by atoms with Crippen molar-refractivity contribution in [3.05, 3.63) is 18.2 Å². The summed E-state index contributed by atoms with van der Waals surface area (Å²) in [5.74, 6) is 0.715. The first-order chi connectivity index (χ1) is 6.24. The molecule has 0 fully saturated rings. The Hall–Kier alpha value is -0.870. The van der Waals surface area contributed by atoms with Crippen molar-refractivity contribution in [2.45, 2.75) is 11.8 Å². The molecule has 72 valence electrons. The molecular weight excluding hydrogens is 186 g/mol. The van der Waals surface area contributed by atoms with Crippen LogP contribution in [0.15, 0.2) is 23.1 Å². The Morgan fingerprint density at radius 1 is 1.46 bits per heavy atom. The number of hydrogen-bond acceptors (Lipinski definition) is 4. The second kappa shape index (κ2) is 4.99. The number of rotatable bonds is 4. The third-order valence-electron chi connectivity index (χ3n) is 1.51. The number of ether oxygens (including phenoxy) is 2. The molecule has 3 nitrogen and oxygen atoms in total. The molecule has 1 aromatic carbocycles. The van der Waals surface area contributed by atoms with Crippen molar-refractivity contribution in [2.75, 3.05) is 19.1 Å². The second-order valence-electron chi connectivity index (χ2n) is 2.48. The van der Waals surface area contributed by atoms with E-state index in [1.54, 1.807) is 18.2 Å². The Morgan fingerprint density at radius 2 is 2.23 bits per heavy atom. The Bertz CT molecular complexity index is 278. The fourth-order valence-corrected chi connectivity index (χ4v) is 1.01. The van der Waals surface area contributed by atoms with Gasteiger partial charge in [0.2, 0.25) is 0 Å². The van der Waals surface area contributed by atoms with E-state index in [4.69, 9.17) is 15.2 Å². The van der Waals surface area contributed by atoms with Gasteiger partial charge in [-0.3, -0.25) is 0 Å². The maximum absolute atomic E-state index is 5.58. The summed E-state index contributed by atoms with van der Waals surface area (Å²) in [4.78, 5) is 0.717. The fraction of sp³-hybridized carbons (Fsp3) is 0.333. The summed E-state index contributed by atoms with van der Waals surface area (Å²) in [6.07, 6.45) is 0. The number of thiol groups is 1. The van der Waals surface area contributed by atoms with E-state index in [1.807, 2.05) is 6.92 Å². The van der Waals surface area contributed by atoms with Crippen LogP contribution in [0.3, 0.4) is 0 Å². The van der Waals surface area contributed by atoms with Crippen molar-refractivity contribution in [1.29, 1.82) is 0 Å². The van der Waals surface area contributed by atoms with Crippen LogP contribution in [0.1, 0.15) is 6.92 Å². The lowest BCUT2D eigenvalue weighted by Crippen LogP contribution is -2.02. The first-order valence-corrected chi connectivity index (χ1v) is 4.47. The number of nitrogens with two attached hydrogens (primary N) is 1. The normalized spacial score (nSPS) is 10.0. The number of anilines is 1. The molecule has 1 rings (SSSR count). The van der Waals surface area contributed by atoms with Crippen LogP contribution in [0, 0.1) is 0 Å². The summed E-state index contributed by atoms with van der Waals surface area (Å²) in [6, 6.07) is 5.30. The number of benzene rings is 1. The van der Waals surface area contributed by atoms with Crippen LogP contribution < -0.4 is 10.5 Å². The highest BCUT2D eigenvalue weighted by Gasteiger charge is 1.97. The lowest BCUT2D eigenvalue weighted by molar-refractivity contribution is 0.0223. The second-order valence-corrected chi connectivity index (χ2v) is 2.96. The topological polar surface area (TPSA) is 44.5 Å². The zero-order chi connectivity index (χ0) is 9.68. The van der Waals surface area contributed by atoms with Gasteiger partial charge in [0.25, 0.3) is 0 Å². The third kappa shape index (κ3) is 3.16. The third-order valence-corrected chi connectivity index (χ3v) is 1.90. The number of nitrogen functional groups attached to an aromatic ring is 1. The first kappa shape index (κ1) is 10.2. The van der Waals surface area contributed by atoms with Gasteiger partial charge in [-0.15, -0.1) is 12.6 Å². The maximum Gasteiger partial charge on any atom is 0.189 e. The summed E-state index contributed by atoms with van der Waals surface area (Å²) in [5.41, 5.74) is 6.23. The minimum absolute atomic E-state index is 0.258. The Balaban J connectivity index is 2.53. The van der Waals surface area contributed by atoms with Crippen LogP contribution in [0.25, 0.3) is 0 Å². The SMILES string of the molecule is CCOCOc1ccc(N)c(S)c1. The van der Waals surface area contributed by atoms with Crippen LogP contribution in [-0.4, -0.2) is 13.4 Å². The van der Waals surface area contributed by atoms with Crippen LogP contribution in [0.4, 0.5) is 5.69 Å². The maximum atomic E-state index is 5.58. The molecule has 0 radical (unpaired) electrons. The molecule has 0 aliphatic carbocycles. The molecule has 0 aromatic heterocycles. The Labute approximate surface area is 83.2 Å². The van der Waals surface area contributed by atoms with E-state index >= 15 is 0 Å². The molecule has 0 spiro atoms. The van der Waals surface area contributed by atoms with Crippen LogP contribution >= 0.6 is 12.6 Å². The lowest BCUT2D eigenvalue weighted by Gasteiger charge is -2.06.